The van der Waals surface area contributed by atoms with Gasteiger partial charge in [0, 0.05) is 13.1 Å². The lowest BCUT2D eigenvalue weighted by Crippen LogP contribution is -2.28. The fraction of sp³-hybridized carbons (Fsp3) is 0.500. The number of hydrogen-bond donors (Lipinski definition) is 1. The highest BCUT2D eigenvalue weighted by atomic mass is 35.5. The maximum atomic E-state index is 12.8. The quantitative estimate of drug-likeness (QED) is 0.764. The molecular formula is C12H12Cl2F3N. The van der Waals surface area contributed by atoms with Crippen molar-refractivity contribution >= 4 is 24.0 Å². The molecule has 1 aliphatic carbocycles. The third kappa shape index (κ3) is 2.10. The molecule has 2 aliphatic rings. The zero-order chi connectivity index (χ0) is 12.2. The number of hydrogen-bond acceptors (Lipinski definition) is 1. The first kappa shape index (κ1) is 14.0. The van der Waals surface area contributed by atoms with Crippen LogP contribution in [0.1, 0.15) is 34.9 Å². The van der Waals surface area contributed by atoms with Crippen molar-refractivity contribution in [2.45, 2.75) is 24.4 Å². The third-order valence-electron chi connectivity index (χ3n) is 3.71. The van der Waals surface area contributed by atoms with E-state index in [1.54, 1.807) is 0 Å². The number of fused-ring (bicyclic) bond motifs is 5. The van der Waals surface area contributed by atoms with E-state index in [4.69, 9.17) is 11.6 Å². The first-order valence-electron chi connectivity index (χ1n) is 5.58. The predicted molar refractivity (Wildman–Crippen MR) is 66.7 cm³/mol. The molecule has 18 heavy (non-hydrogen) atoms. The smallest absolute Gasteiger partial charge is 0.316 e. The van der Waals surface area contributed by atoms with E-state index in [0.29, 0.717) is 5.92 Å². The summed E-state index contributed by atoms with van der Waals surface area (Å²) in [6.07, 6.45) is -3.42. The van der Waals surface area contributed by atoms with E-state index < -0.39 is 11.7 Å². The highest BCUT2D eigenvalue weighted by Crippen LogP contribution is 2.47. The molecule has 2 bridgehead atoms. The van der Waals surface area contributed by atoms with Crippen LogP contribution in [0.15, 0.2) is 12.1 Å². The monoisotopic (exact) mass is 297 g/mol. The van der Waals surface area contributed by atoms with Gasteiger partial charge in [-0.05, 0) is 41.5 Å². The Morgan fingerprint density at radius 2 is 1.67 bits per heavy atom. The molecule has 1 aliphatic heterocycles. The summed E-state index contributed by atoms with van der Waals surface area (Å²) >= 11 is 5.74. The Hall–Kier alpha value is -0.450. The summed E-state index contributed by atoms with van der Waals surface area (Å²) < 4.78 is 38.3. The highest BCUT2D eigenvalue weighted by Gasteiger charge is 2.39. The molecule has 1 fully saturated rings. The lowest BCUT2D eigenvalue weighted by molar-refractivity contribution is -0.137. The van der Waals surface area contributed by atoms with Gasteiger partial charge in [0.15, 0.2) is 0 Å². The van der Waals surface area contributed by atoms with Crippen LogP contribution in [0.4, 0.5) is 13.2 Å². The van der Waals surface area contributed by atoms with Gasteiger partial charge >= 0.3 is 6.18 Å². The summed E-state index contributed by atoms with van der Waals surface area (Å²) in [4.78, 5) is 0. The number of piperidine rings is 1. The summed E-state index contributed by atoms with van der Waals surface area (Å²) in [5.74, 6) is 0.533. The van der Waals surface area contributed by atoms with Gasteiger partial charge in [0.25, 0.3) is 0 Å². The first-order chi connectivity index (χ1) is 7.97. The van der Waals surface area contributed by atoms with Gasteiger partial charge in [0.05, 0.1) is 10.6 Å². The topological polar surface area (TPSA) is 12.0 Å². The van der Waals surface area contributed by atoms with Crippen LogP contribution in [-0.4, -0.2) is 13.1 Å². The Morgan fingerprint density at radius 3 is 2.22 bits per heavy atom. The van der Waals surface area contributed by atoms with E-state index in [0.717, 1.165) is 30.6 Å². The molecule has 1 N–H and O–H groups in total. The molecule has 3 rings (SSSR count). The molecule has 0 radical (unpaired) electrons. The van der Waals surface area contributed by atoms with Crippen LogP contribution in [0.25, 0.3) is 0 Å². The fourth-order valence-corrected chi connectivity index (χ4v) is 3.22. The van der Waals surface area contributed by atoms with Crippen molar-refractivity contribution < 1.29 is 13.2 Å². The van der Waals surface area contributed by atoms with Gasteiger partial charge in [-0.1, -0.05) is 11.6 Å². The summed E-state index contributed by atoms with van der Waals surface area (Å²) in [5, 5.41) is 3.07. The van der Waals surface area contributed by atoms with E-state index in [2.05, 4.69) is 5.32 Å². The lowest BCUT2D eigenvalue weighted by Gasteiger charge is -2.19. The normalized spacial score (nSPS) is 25.6. The highest BCUT2D eigenvalue weighted by molar-refractivity contribution is 6.31. The number of nitrogens with one attached hydrogen (secondary N) is 1. The van der Waals surface area contributed by atoms with E-state index in [9.17, 15) is 13.2 Å². The minimum absolute atomic E-state index is 0. The molecule has 0 saturated carbocycles. The van der Waals surface area contributed by atoms with E-state index in [1.165, 1.54) is 12.1 Å². The molecule has 1 aromatic rings. The molecule has 0 spiro atoms. The van der Waals surface area contributed by atoms with Gasteiger partial charge in [-0.15, -0.1) is 12.4 Å². The molecule has 2 atom stereocenters. The second-order valence-electron chi connectivity index (χ2n) is 4.75. The second kappa shape index (κ2) is 4.58. The molecule has 1 nitrogen and oxygen atoms in total. The second-order valence-corrected chi connectivity index (χ2v) is 5.15. The molecule has 1 saturated heterocycles. The Labute approximate surface area is 114 Å². The summed E-state index contributed by atoms with van der Waals surface area (Å²) in [6.45, 7) is 1.60. The van der Waals surface area contributed by atoms with Gasteiger partial charge in [0.2, 0.25) is 0 Å². The average molecular weight is 298 g/mol. The molecule has 2 unspecified atom stereocenters. The van der Waals surface area contributed by atoms with Crippen LogP contribution < -0.4 is 5.32 Å². The molecule has 0 aromatic heterocycles. The maximum Gasteiger partial charge on any atom is 0.417 e. The third-order valence-corrected chi connectivity index (χ3v) is 4.02. The largest absolute Gasteiger partial charge is 0.417 e. The van der Waals surface area contributed by atoms with Crippen LogP contribution in [0.2, 0.25) is 5.02 Å². The summed E-state index contributed by atoms with van der Waals surface area (Å²) in [5.41, 5.74) is 1.13. The zero-order valence-corrected chi connectivity index (χ0v) is 10.9. The number of halogens is 5. The van der Waals surface area contributed by atoms with Crippen molar-refractivity contribution in [1.82, 2.24) is 5.32 Å². The van der Waals surface area contributed by atoms with Gasteiger partial charge in [-0.2, -0.15) is 13.2 Å². The van der Waals surface area contributed by atoms with Gasteiger partial charge in [0.1, 0.15) is 0 Å². The Kier molecular flexibility index (Phi) is 3.56. The summed E-state index contributed by atoms with van der Waals surface area (Å²) in [7, 11) is 0. The zero-order valence-electron chi connectivity index (χ0n) is 9.35. The summed E-state index contributed by atoms with van der Waals surface area (Å²) in [6, 6.07) is 2.76. The van der Waals surface area contributed by atoms with Crippen molar-refractivity contribution in [3.8, 4) is 0 Å². The Morgan fingerprint density at radius 1 is 1.11 bits per heavy atom. The van der Waals surface area contributed by atoms with E-state index in [1.807, 2.05) is 0 Å². The van der Waals surface area contributed by atoms with Crippen molar-refractivity contribution in [2.24, 2.45) is 0 Å². The lowest BCUT2D eigenvalue weighted by atomic mass is 9.98. The predicted octanol–water partition coefficient (Wildman–Crippen LogP) is 3.95. The van der Waals surface area contributed by atoms with Gasteiger partial charge in [-0.25, -0.2) is 0 Å². The minimum Gasteiger partial charge on any atom is -0.316 e. The number of alkyl halides is 3. The molecular weight excluding hydrogens is 286 g/mol. The van der Waals surface area contributed by atoms with Gasteiger partial charge < -0.3 is 5.32 Å². The van der Waals surface area contributed by atoms with Gasteiger partial charge in [-0.3, -0.25) is 0 Å². The fourth-order valence-electron chi connectivity index (χ4n) is 2.95. The number of benzene rings is 1. The van der Waals surface area contributed by atoms with Crippen LogP contribution >= 0.6 is 24.0 Å². The van der Waals surface area contributed by atoms with Crippen molar-refractivity contribution in [2.75, 3.05) is 13.1 Å². The molecule has 100 valence electrons. The molecule has 0 amide bonds. The first-order valence-corrected chi connectivity index (χ1v) is 5.96. The van der Waals surface area contributed by atoms with Crippen LogP contribution in [0, 0.1) is 0 Å². The minimum atomic E-state index is -4.36. The van der Waals surface area contributed by atoms with E-state index >= 15 is 0 Å². The molecule has 1 aromatic carbocycles. The van der Waals surface area contributed by atoms with E-state index in [-0.39, 0.29) is 23.3 Å². The standard InChI is InChI=1S/C12H11ClF3N.ClH/c13-11-3-9-7-1-6(4-17-5-7)8(9)2-10(11)12(14,15)16;/h2-3,6-7,17H,1,4-5H2;1H. The number of rotatable bonds is 0. The molecule has 6 heteroatoms. The Bertz CT molecular complexity index is 473. The van der Waals surface area contributed by atoms with Crippen LogP contribution in [0.3, 0.4) is 0 Å². The maximum absolute atomic E-state index is 12.8. The molecule has 1 heterocycles. The van der Waals surface area contributed by atoms with Crippen molar-refractivity contribution in [3.05, 3.63) is 33.8 Å². The van der Waals surface area contributed by atoms with Crippen molar-refractivity contribution in [3.63, 3.8) is 0 Å². The van der Waals surface area contributed by atoms with Crippen molar-refractivity contribution in [1.29, 1.82) is 0 Å². The van der Waals surface area contributed by atoms with Crippen LogP contribution in [-0.2, 0) is 6.18 Å². The average Bonchev–Trinajstić information content (AvgIpc) is 2.48. The SMILES string of the molecule is Cl.FC(F)(F)c1cc2c(cc1Cl)C1CNCC2C1. The Balaban J connectivity index is 0.00000120. The van der Waals surface area contributed by atoms with Crippen LogP contribution in [0.5, 0.6) is 0 Å².